The average Bonchev–Trinajstić information content (AvgIpc) is 2.33. The topological polar surface area (TPSA) is 71.5 Å². The van der Waals surface area contributed by atoms with Gasteiger partial charge < -0.3 is 15.2 Å². The molecule has 0 atom stereocenters. The molecule has 2 N–H and O–H groups in total. The number of alkyl halides is 3. The van der Waals surface area contributed by atoms with Crippen molar-refractivity contribution < 1.29 is 27.8 Å². The fourth-order valence-electron chi connectivity index (χ4n) is 1.31. The maximum Gasteiger partial charge on any atom is 0.433 e. The van der Waals surface area contributed by atoms with E-state index >= 15 is 0 Å². The van der Waals surface area contributed by atoms with Crippen LogP contribution in [0.15, 0.2) is 12.1 Å². The Labute approximate surface area is 107 Å². The number of anilines is 1. The molecule has 0 radical (unpaired) electrons. The van der Waals surface area contributed by atoms with Crippen LogP contribution in [0.2, 0.25) is 0 Å². The Morgan fingerprint density at radius 1 is 1.47 bits per heavy atom. The third-order valence-electron chi connectivity index (χ3n) is 2.16. The average molecular weight is 278 g/mol. The lowest BCUT2D eigenvalue weighted by Gasteiger charge is -2.12. The number of nitrogens with zero attached hydrogens (tertiary/aromatic N) is 1. The number of pyridine rings is 1. The maximum absolute atomic E-state index is 12.5. The molecule has 1 aromatic rings. The second-order valence-corrected chi connectivity index (χ2v) is 3.52. The second kappa shape index (κ2) is 6.37. The zero-order valence-corrected chi connectivity index (χ0v) is 10.1. The molecule has 0 fully saturated rings. The SMILES string of the molecule is CCOCCNc1nc(C(F)(F)F)ccc1C(=O)O. The molecule has 0 aromatic carbocycles. The number of hydrogen-bond donors (Lipinski definition) is 2. The van der Waals surface area contributed by atoms with Gasteiger partial charge in [-0.1, -0.05) is 0 Å². The molecular formula is C11H13F3N2O3. The summed E-state index contributed by atoms with van der Waals surface area (Å²) < 4.78 is 42.4. The number of carboxylic acids is 1. The first-order chi connectivity index (χ1) is 8.86. The van der Waals surface area contributed by atoms with Gasteiger partial charge in [0.1, 0.15) is 17.1 Å². The van der Waals surface area contributed by atoms with Gasteiger partial charge in [-0.15, -0.1) is 0 Å². The summed E-state index contributed by atoms with van der Waals surface area (Å²) in [7, 11) is 0. The summed E-state index contributed by atoms with van der Waals surface area (Å²) in [5.74, 6) is -1.66. The lowest BCUT2D eigenvalue weighted by Crippen LogP contribution is -2.16. The van der Waals surface area contributed by atoms with Crippen LogP contribution in [0.1, 0.15) is 23.0 Å². The Hall–Kier alpha value is -1.83. The van der Waals surface area contributed by atoms with Crippen LogP contribution in [0.5, 0.6) is 0 Å². The number of hydrogen-bond acceptors (Lipinski definition) is 4. The largest absolute Gasteiger partial charge is 0.478 e. The van der Waals surface area contributed by atoms with Crippen molar-refractivity contribution in [1.82, 2.24) is 4.98 Å². The van der Waals surface area contributed by atoms with Gasteiger partial charge in [0.05, 0.1) is 6.61 Å². The van der Waals surface area contributed by atoms with Gasteiger partial charge in [-0.2, -0.15) is 13.2 Å². The van der Waals surface area contributed by atoms with E-state index in [1.54, 1.807) is 6.92 Å². The van der Waals surface area contributed by atoms with Crippen molar-refractivity contribution in [2.75, 3.05) is 25.1 Å². The molecule has 5 nitrogen and oxygen atoms in total. The molecule has 106 valence electrons. The second-order valence-electron chi connectivity index (χ2n) is 3.52. The minimum absolute atomic E-state index is 0.169. The molecule has 0 aliphatic heterocycles. The Balaban J connectivity index is 2.93. The van der Waals surface area contributed by atoms with Gasteiger partial charge in [0.2, 0.25) is 0 Å². The summed E-state index contributed by atoms with van der Waals surface area (Å²) in [6.07, 6.45) is -4.62. The van der Waals surface area contributed by atoms with Crippen molar-refractivity contribution in [3.05, 3.63) is 23.4 Å². The third-order valence-corrected chi connectivity index (χ3v) is 2.16. The number of ether oxygens (including phenoxy) is 1. The first-order valence-corrected chi connectivity index (χ1v) is 5.49. The standard InChI is InChI=1S/C11H13F3N2O3/c1-2-19-6-5-15-9-7(10(17)18)3-4-8(16-9)11(12,13)14/h3-4H,2,5-6H2,1H3,(H,15,16)(H,17,18). The van der Waals surface area contributed by atoms with Crippen LogP contribution in [0.4, 0.5) is 19.0 Å². The van der Waals surface area contributed by atoms with E-state index in [9.17, 15) is 18.0 Å². The van der Waals surface area contributed by atoms with E-state index in [1.165, 1.54) is 0 Å². The predicted molar refractivity (Wildman–Crippen MR) is 61.2 cm³/mol. The quantitative estimate of drug-likeness (QED) is 0.781. The molecule has 1 heterocycles. The van der Waals surface area contributed by atoms with Crippen LogP contribution in [-0.2, 0) is 10.9 Å². The highest BCUT2D eigenvalue weighted by molar-refractivity contribution is 5.93. The highest BCUT2D eigenvalue weighted by Gasteiger charge is 2.33. The van der Waals surface area contributed by atoms with Crippen molar-refractivity contribution >= 4 is 11.8 Å². The zero-order chi connectivity index (χ0) is 14.5. The van der Waals surface area contributed by atoms with Crippen molar-refractivity contribution in [2.24, 2.45) is 0 Å². The molecule has 19 heavy (non-hydrogen) atoms. The van der Waals surface area contributed by atoms with Gasteiger partial charge in [0.25, 0.3) is 0 Å². The van der Waals surface area contributed by atoms with Crippen LogP contribution in [0, 0.1) is 0 Å². The van der Waals surface area contributed by atoms with E-state index in [0.717, 1.165) is 6.07 Å². The van der Waals surface area contributed by atoms with Crippen LogP contribution < -0.4 is 5.32 Å². The highest BCUT2D eigenvalue weighted by atomic mass is 19.4. The zero-order valence-electron chi connectivity index (χ0n) is 10.1. The number of aromatic carboxylic acids is 1. The van der Waals surface area contributed by atoms with Gasteiger partial charge in [-0.25, -0.2) is 9.78 Å². The Morgan fingerprint density at radius 2 is 2.16 bits per heavy atom. The lowest BCUT2D eigenvalue weighted by atomic mass is 10.2. The molecule has 0 aliphatic carbocycles. The smallest absolute Gasteiger partial charge is 0.433 e. The van der Waals surface area contributed by atoms with Crippen molar-refractivity contribution in [3.8, 4) is 0 Å². The fourth-order valence-corrected chi connectivity index (χ4v) is 1.31. The Kier molecular flexibility index (Phi) is 5.11. The van der Waals surface area contributed by atoms with E-state index in [0.29, 0.717) is 12.7 Å². The summed E-state index contributed by atoms with van der Waals surface area (Å²) in [4.78, 5) is 14.2. The van der Waals surface area contributed by atoms with E-state index in [1.807, 2.05) is 0 Å². The summed E-state index contributed by atoms with van der Waals surface area (Å²) in [5.41, 5.74) is -1.46. The normalized spacial score (nSPS) is 11.4. The van der Waals surface area contributed by atoms with Gasteiger partial charge in [-0.05, 0) is 19.1 Å². The molecule has 0 saturated carbocycles. The predicted octanol–water partition coefficient (Wildman–Crippen LogP) is 2.25. The number of nitrogens with one attached hydrogen (secondary N) is 1. The van der Waals surface area contributed by atoms with E-state index in [2.05, 4.69) is 10.3 Å². The van der Waals surface area contributed by atoms with Gasteiger partial charge in [0, 0.05) is 13.2 Å². The minimum atomic E-state index is -4.62. The summed E-state index contributed by atoms with van der Waals surface area (Å²) >= 11 is 0. The summed E-state index contributed by atoms with van der Waals surface area (Å²) in [6, 6.07) is 1.51. The molecular weight excluding hydrogens is 265 g/mol. The lowest BCUT2D eigenvalue weighted by molar-refractivity contribution is -0.141. The molecule has 8 heteroatoms. The van der Waals surface area contributed by atoms with Crippen molar-refractivity contribution in [2.45, 2.75) is 13.1 Å². The first kappa shape index (κ1) is 15.2. The van der Waals surface area contributed by atoms with Crippen molar-refractivity contribution in [1.29, 1.82) is 0 Å². The number of carbonyl (C=O) groups is 1. The molecule has 0 spiro atoms. The first-order valence-electron chi connectivity index (χ1n) is 5.49. The molecule has 0 unspecified atom stereocenters. The molecule has 0 saturated heterocycles. The molecule has 1 rings (SSSR count). The summed E-state index contributed by atoms with van der Waals surface area (Å²) in [5, 5.41) is 11.4. The molecule has 0 amide bonds. The molecule has 1 aromatic heterocycles. The number of carboxylic acid groups (broad SMARTS) is 1. The third kappa shape index (κ3) is 4.40. The number of rotatable bonds is 6. The minimum Gasteiger partial charge on any atom is -0.478 e. The molecule has 0 bridgehead atoms. The van der Waals surface area contributed by atoms with Crippen LogP contribution in [-0.4, -0.2) is 35.8 Å². The van der Waals surface area contributed by atoms with Gasteiger partial charge in [0.15, 0.2) is 0 Å². The number of halogens is 3. The van der Waals surface area contributed by atoms with E-state index in [4.69, 9.17) is 9.84 Å². The van der Waals surface area contributed by atoms with Crippen LogP contribution >= 0.6 is 0 Å². The van der Waals surface area contributed by atoms with Crippen LogP contribution in [0.25, 0.3) is 0 Å². The van der Waals surface area contributed by atoms with E-state index in [-0.39, 0.29) is 24.5 Å². The van der Waals surface area contributed by atoms with Gasteiger partial charge >= 0.3 is 12.1 Å². The maximum atomic E-state index is 12.5. The highest BCUT2D eigenvalue weighted by Crippen LogP contribution is 2.29. The Morgan fingerprint density at radius 3 is 2.68 bits per heavy atom. The number of aromatic nitrogens is 1. The van der Waals surface area contributed by atoms with E-state index < -0.39 is 17.8 Å². The van der Waals surface area contributed by atoms with Crippen LogP contribution in [0.3, 0.4) is 0 Å². The fraction of sp³-hybridized carbons (Fsp3) is 0.455. The van der Waals surface area contributed by atoms with Gasteiger partial charge in [-0.3, -0.25) is 0 Å². The summed E-state index contributed by atoms with van der Waals surface area (Å²) in [6.45, 7) is 2.64. The monoisotopic (exact) mass is 278 g/mol. The Bertz CT molecular complexity index is 449. The molecule has 0 aliphatic rings. The van der Waals surface area contributed by atoms with Crippen molar-refractivity contribution in [3.63, 3.8) is 0 Å².